The maximum Gasteiger partial charge on any atom is 0.234 e. The minimum Gasteiger partial charge on any atom is -0.490 e. The van der Waals surface area contributed by atoms with E-state index in [0.29, 0.717) is 24.9 Å². The van der Waals surface area contributed by atoms with Crippen molar-refractivity contribution < 1.29 is 14.3 Å². The molecule has 0 radical (unpaired) electrons. The number of hydrogen-bond donors (Lipinski definition) is 1. The Morgan fingerprint density at radius 3 is 2.67 bits per heavy atom. The number of hydrogen-bond acceptors (Lipinski definition) is 6. The number of rotatable bonds is 6. The summed E-state index contributed by atoms with van der Waals surface area (Å²) in [5.41, 5.74) is 1.66. The van der Waals surface area contributed by atoms with Crippen LogP contribution >= 0.6 is 27.7 Å². The molecule has 2 heterocycles. The molecule has 0 unspecified atom stereocenters. The monoisotopic (exact) mass is 488 g/mol. The van der Waals surface area contributed by atoms with E-state index in [0.717, 1.165) is 39.5 Å². The average molecular weight is 489 g/mol. The van der Waals surface area contributed by atoms with Crippen LogP contribution in [0.4, 0.5) is 5.69 Å². The molecule has 1 aliphatic heterocycles. The van der Waals surface area contributed by atoms with Crippen LogP contribution in [0.3, 0.4) is 0 Å². The molecule has 1 aliphatic rings. The Morgan fingerprint density at radius 1 is 1.13 bits per heavy atom. The number of halogens is 1. The summed E-state index contributed by atoms with van der Waals surface area (Å²) in [6.45, 7) is 4.00. The summed E-state index contributed by atoms with van der Waals surface area (Å²) in [6, 6.07) is 13.3. The molecule has 0 atom stereocenters. The molecule has 30 heavy (non-hydrogen) atoms. The van der Waals surface area contributed by atoms with Crippen molar-refractivity contribution in [1.82, 2.24) is 14.8 Å². The predicted molar refractivity (Wildman–Crippen MR) is 120 cm³/mol. The third-order valence-corrected chi connectivity index (χ3v) is 5.99. The fourth-order valence-electron chi connectivity index (χ4n) is 3.06. The van der Waals surface area contributed by atoms with Gasteiger partial charge in [0.25, 0.3) is 0 Å². The number of carbonyl (C=O) groups excluding carboxylic acids is 1. The normalized spacial score (nSPS) is 13.0. The van der Waals surface area contributed by atoms with Gasteiger partial charge in [-0.15, -0.1) is 10.2 Å². The van der Waals surface area contributed by atoms with Crippen LogP contribution in [0.15, 0.2) is 52.1 Å². The smallest absolute Gasteiger partial charge is 0.234 e. The van der Waals surface area contributed by atoms with E-state index in [2.05, 4.69) is 31.4 Å². The van der Waals surface area contributed by atoms with Crippen LogP contribution in [0.5, 0.6) is 11.5 Å². The number of anilines is 1. The van der Waals surface area contributed by atoms with Crippen LogP contribution in [0.25, 0.3) is 11.4 Å². The van der Waals surface area contributed by atoms with E-state index in [4.69, 9.17) is 9.47 Å². The summed E-state index contributed by atoms with van der Waals surface area (Å²) < 4.78 is 14.5. The van der Waals surface area contributed by atoms with Crippen molar-refractivity contribution in [3.8, 4) is 22.9 Å². The van der Waals surface area contributed by atoms with Gasteiger partial charge in [0.2, 0.25) is 5.91 Å². The topological polar surface area (TPSA) is 78.3 Å². The molecule has 0 saturated carbocycles. The second-order valence-corrected chi connectivity index (χ2v) is 8.46. The summed E-state index contributed by atoms with van der Waals surface area (Å²) in [5.74, 6) is 2.36. The second kappa shape index (κ2) is 9.53. The molecule has 7 nitrogen and oxygen atoms in total. The lowest BCUT2D eigenvalue weighted by molar-refractivity contribution is -0.113. The maximum absolute atomic E-state index is 12.3. The first kappa shape index (κ1) is 20.7. The van der Waals surface area contributed by atoms with E-state index >= 15 is 0 Å². The maximum atomic E-state index is 12.3. The van der Waals surface area contributed by atoms with E-state index in [1.165, 1.54) is 11.8 Å². The van der Waals surface area contributed by atoms with Gasteiger partial charge < -0.3 is 19.4 Å². The summed E-state index contributed by atoms with van der Waals surface area (Å²) in [7, 11) is 0. The Kier molecular flexibility index (Phi) is 6.59. The van der Waals surface area contributed by atoms with Gasteiger partial charge in [-0.2, -0.15) is 0 Å². The van der Waals surface area contributed by atoms with Gasteiger partial charge in [0, 0.05) is 28.7 Å². The molecule has 0 fully saturated rings. The van der Waals surface area contributed by atoms with Gasteiger partial charge in [-0.3, -0.25) is 4.79 Å². The highest BCUT2D eigenvalue weighted by Crippen LogP contribution is 2.34. The van der Waals surface area contributed by atoms with E-state index in [-0.39, 0.29) is 11.7 Å². The molecule has 9 heteroatoms. The quantitative estimate of drug-likeness (QED) is 0.510. The third-order valence-electron chi connectivity index (χ3n) is 4.50. The van der Waals surface area contributed by atoms with Crippen LogP contribution in [0.2, 0.25) is 0 Å². The third kappa shape index (κ3) is 4.79. The number of carbonyl (C=O) groups is 1. The second-order valence-electron chi connectivity index (χ2n) is 6.61. The molecule has 0 bridgehead atoms. The first-order valence-electron chi connectivity index (χ1n) is 9.65. The number of nitrogens with one attached hydrogen (secondary N) is 1. The van der Waals surface area contributed by atoms with Crippen molar-refractivity contribution in [2.45, 2.75) is 25.0 Å². The molecule has 156 valence electrons. The van der Waals surface area contributed by atoms with Crippen LogP contribution in [0, 0.1) is 0 Å². The Hall–Kier alpha value is -2.52. The molecule has 2 aromatic carbocycles. The summed E-state index contributed by atoms with van der Waals surface area (Å²) >= 11 is 4.75. The first-order valence-corrected chi connectivity index (χ1v) is 11.4. The molecule has 1 amide bonds. The average Bonchev–Trinajstić information content (AvgIpc) is 3.02. The van der Waals surface area contributed by atoms with Gasteiger partial charge in [-0.05, 0) is 49.4 Å². The summed E-state index contributed by atoms with van der Waals surface area (Å²) in [6.07, 6.45) is 0.859. The van der Waals surface area contributed by atoms with Crippen molar-refractivity contribution >= 4 is 39.3 Å². The standard InChI is InChI=1S/C21H21BrN4O3S/c1-2-26-20(14-4-9-17-18(12-14)29-11-3-10-28-17)24-25-21(26)30-13-19(27)23-16-7-5-15(22)6-8-16/h4-9,12H,2-3,10-11,13H2,1H3,(H,23,27). The molecule has 1 N–H and O–H groups in total. The Labute approximate surface area is 187 Å². The number of amides is 1. The Morgan fingerprint density at radius 2 is 1.90 bits per heavy atom. The molecule has 3 aromatic rings. The zero-order chi connectivity index (χ0) is 20.9. The number of nitrogens with zero attached hydrogens (tertiary/aromatic N) is 3. The molecular weight excluding hydrogens is 468 g/mol. The first-order chi connectivity index (χ1) is 14.6. The van der Waals surface area contributed by atoms with Crippen molar-refractivity contribution in [1.29, 1.82) is 0 Å². The van der Waals surface area contributed by atoms with E-state index in [1.54, 1.807) is 0 Å². The van der Waals surface area contributed by atoms with E-state index in [9.17, 15) is 4.79 Å². The van der Waals surface area contributed by atoms with Crippen molar-refractivity contribution in [3.63, 3.8) is 0 Å². The number of thioether (sulfide) groups is 1. The number of benzene rings is 2. The SMILES string of the molecule is CCn1c(SCC(=O)Nc2ccc(Br)cc2)nnc1-c1ccc2c(c1)OCCCO2. The highest BCUT2D eigenvalue weighted by atomic mass is 79.9. The van der Waals surface area contributed by atoms with E-state index in [1.807, 2.05) is 54.0 Å². The number of ether oxygens (including phenoxy) is 2. The molecule has 0 aliphatic carbocycles. The highest BCUT2D eigenvalue weighted by Gasteiger charge is 2.18. The van der Waals surface area contributed by atoms with Gasteiger partial charge in [0.05, 0.1) is 19.0 Å². The minimum atomic E-state index is -0.0925. The molecular formula is C21H21BrN4O3S. The largest absolute Gasteiger partial charge is 0.490 e. The van der Waals surface area contributed by atoms with Gasteiger partial charge in [0.1, 0.15) is 0 Å². The molecule has 1 aromatic heterocycles. The van der Waals surface area contributed by atoms with Crippen LogP contribution < -0.4 is 14.8 Å². The minimum absolute atomic E-state index is 0.0925. The molecule has 0 spiro atoms. The zero-order valence-electron chi connectivity index (χ0n) is 16.4. The molecule has 0 saturated heterocycles. The van der Waals surface area contributed by atoms with E-state index < -0.39 is 0 Å². The lowest BCUT2D eigenvalue weighted by Crippen LogP contribution is -2.14. The van der Waals surface area contributed by atoms with Gasteiger partial charge in [-0.25, -0.2) is 0 Å². The van der Waals surface area contributed by atoms with Gasteiger partial charge in [0.15, 0.2) is 22.5 Å². The fraction of sp³-hybridized carbons (Fsp3) is 0.286. The van der Waals surface area contributed by atoms with Gasteiger partial charge >= 0.3 is 0 Å². The predicted octanol–water partition coefficient (Wildman–Crippen LogP) is 4.62. The summed E-state index contributed by atoms with van der Waals surface area (Å²) in [4.78, 5) is 12.3. The number of aromatic nitrogens is 3. The van der Waals surface area contributed by atoms with Crippen LogP contribution in [-0.2, 0) is 11.3 Å². The molecule has 4 rings (SSSR count). The van der Waals surface area contributed by atoms with Crippen LogP contribution in [-0.4, -0.2) is 39.6 Å². The van der Waals surface area contributed by atoms with Gasteiger partial charge in [-0.1, -0.05) is 27.7 Å². The van der Waals surface area contributed by atoms with Crippen molar-refractivity contribution in [3.05, 3.63) is 46.9 Å². The van der Waals surface area contributed by atoms with Crippen LogP contribution in [0.1, 0.15) is 13.3 Å². The fourth-order valence-corrected chi connectivity index (χ4v) is 4.12. The lowest BCUT2D eigenvalue weighted by Gasteiger charge is -2.11. The number of fused-ring (bicyclic) bond motifs is 1. The van der Waals surface area contributed by atoms with Crippen molar-refractivity contribution in [2.75, 3.05) is 24.3 Å². The Balaban J connectivity index is 1.46. The zero-order valence-corrected chi connectivity index (χ0v) is 18.8. The lowest BCUT2D eigenvalue weighted by atomic mass is 10.2. The highest BCUT2D eigenvalue weighted by molar-refractivity contribution is 9.10. The summed E-state index contributed by atoms with van der Waals surface area (Å²) in [5, 5.41) is 12.2. The Bertz CT molecular complexity index is 1040. The van der Waals surface area contributed by atoms with Crippen molar-refractivity contribution in [2.24, 2.45) is 0 Å².